The van der Waals surface area contributed by atoms with Gasteiger partial charge in [0.25, 0.3) is 0 Å². The van der Waals surface area contributed by atoms with E-state index in [-0.39, 0.29) is 0 Å². The van der Waals surface area contributed by atoms with Crippen LogP contribution in [0.3, 0.4) is 0 Å². The highest BCUT2D eigenvalue weighted by Gasteiger charge is 2.37. The lowest BCUT2D eigenvalue weighted by atomic mass is 9.91. The van der Waals surface area contributed by atoms with Gasteiger partial charge in [-0.2, -0.15) is 0 Å². The third-order valence-electron chi connectivity index (χ3n) is 3.46. The van der Waals surface area contributed by atoms with Crippen molar-refractivity contribution in [3.05, 3.63) is 29.3 Å². The number of aryl methyl sites for hydroxylation is 1. The van der Waals surface area contributed by atoms with Crippen molar-refractivity contribution in [1.29, 1.82) is 0 Å². The summed E-state index contributed by atoms with van der Waals surface area (Å²) in [5, 5.41) is 9.37. The number of rotatable bonds is 4. The van der Waals surface area contributed by atoms with Gasteiger partial charge in [0.2, 0.25) is 0 Å². The molecule has 0 bridgehead atoms. The minimum absolute atomic E-state index is 0.350. The first-order valence-electron chi connectivity index (χ1n) is 6.06. The van der Waals surface area contributed by atoms with Crippen molar-refractivity contribution < 1.29 is 9.84 Å². The van der Waals surface area contributed by atoms with Crippen LogP contribution in [0, 0.1) is 6.92 Å². The molecule has 1 aromatic rings. The van der Waals surface area contributed by atoms with Crippen LogP contribution in [0.2, 0.25) is 0 Å². The molecule has 2 nitrogen and oxygen atoms in total. The Morgan fingerprint density at radius 2 is 2.12 bits per heavy atom. The Balaban J connectivity index is 2.01. The average Bonchev–Trinajstić information content (AvgIpc) is 2.96. The molecule has 3 unspecified atom stereocenters. The zero-order valence-corrected chi connectivity index (χ0v) is 10.2. The summed E-state index contributed by atoms with van der Waals surface area (Å²) < 4.78 is 5.57. The number of phenolic OH excluding ortho intramolecular Hbond substituents is 1. The van der Waals surface area contributed by atoms with Crippen LogP contribution in [-0.4, -0.2) is 17.3 Å². The Kier molecular flexibility index (Phi) is 3.20. The number of benzene rings is 1. The average molecular weight is 220 g/mol. The van der Waals surface area contributed by atoms with Crippen LogP contribution in [0.25, 0.3) is 0 Å². The van der Waals surface area contributed by atoms with Gasteiger partial charge >= 0.3 is 0 Å². The van der Waals surface area contributed by atoms with Crippen LogP contribution >= 0.6 is 0 Å². The molecule has 3 atom stereocenters. The van der Waals surface area contributed by atoms with Gasteiger partial charge in [-0.15, -0.1) is 0 Å². The molecule has 0 aliphatic carbocycles. The van der Waals surface area contributed by atoms with Gasteiger partial charge in [-0.1, -0.05) is 19.9 Å². The van der Waals surface area contributed by atoms with E-state index in [0.717, 1.165) is 12.8 Å². The first-order chi connectivity index (χ1) is 7.61. The standard InChI is InChI=1S/C14H20O2/c1-4-13-14(16-13)8-10(3)12-6-5-11(15)7-9(12)2/h5-7,10,13-15H,4,8H2,1-3H3. The summed E-state index contributed by atoms with van der Waals surface area (Å²) in [5.41, 5.74) is 2.49. The molecule has 1 aliphatic heterocycles. The summed E-state index contributed by atoms with van der Waals surface area (Å²) in [7, 11) is 0. The zero-order chi connectivity index (χ0) is 11.7. The molecular formula is C14H20O2. The number of aromatic hydroxyl groups is 1. The second-order valence-corrected chi connectivity index (χ2v) is 4.80. The highest BCUT2D eigenvalue weighted by Crippen LogP contribution is 2.35. The molecule has 0 amide bonds. The lowest BCUT2D eigenvalue weighted by Gasteiger charge is -2.13. The third-order valence-corrected chi connectivity index (χ3v) is 3.46. The fraction of sp³-hybridized carbons (Fsp3) is 0.571. The molecule has 1 heterocycles. The van der Waals surface area contributed by atoms with Crippen LogP contribution < -0.4 is 0 Å². The van der Waals surface area contributed by atoms with Crippen molar-refractivity contribution in [2.24, 2.45) is 0 Å². The quantitative estimate of drug-likeness (QED) is 0.789. The Bertz CT molecular complexity index is 373. The topological polar surface area (TPSA) is 32.8 Å². The molecular weight excluding hydrogens is 200 g/mol. The van der Waals surface area contributed by atoms with E-state index < -0.39 is 0 Å². The number of epoxide rings is 1. The number of hydrogen-bond acceptors (Lipinski definition) is 2. The fourth-order valence-electron chi connectivity index (χ4n) is 2.43. The maximum absolute atomic E-state index is 9.37. The monoisotopic (exact) mass is 220 g/mol. The lowest BCUT2D eigenvalue weighted by Crippen LogP contribution is -2.02. The molecule has 1 aliphatic rings. The predicted molar refractivity (Wildman–Crippen MR) is 64.8 cm³/mol. The van der Waals surface area contributed by atoms with E-state index in [4.69, 9.17) is 4.74 Å². The van der Waals surface area contributed by atoms with Crippen molar-refractivity contribution in [2.45, 2.75) is 51.7 Å². The molecule has 88 valence electrons. The molecule has 0 saturated carbocycles. The van der Waals surface area contributed by atoms with Crippen LogP contribution in [0.5, 0.6) is 5.75 Å². The van der Waals surface area contributed by atoms with E-state index in [2.05, 4.69) is 20.8 Å². The molecule has 1 aromatic carbocycles. The molecule has 1 saturated heterocycles. The molecule has 1 fully saturated rings. The van der Waals surface area contributed by atoms with Crippen molar-refractivity contribution >= 4 is 0 Å². The van der Waals surface area contributed by atoms with Crippen molar-refractivity contribution in [3.63, 3.8) is 0 Å². The first-order valence-corrected chi connectivity index (χ1v) is 6.06. The van der Waals surface area contributed by atoms with Crippen LogP contribution in [0.1, 0.15) is 43.7 Å². The minimum atomic E-state index is 0.350. The van der Waals surface area contributed by atoms with Gasteiger partial charge in [0.05, 0.1) is 12.2 Å². The first kappa shape index (κ1) is 11.5. The van der Waals surface area contributed by atoms with Crippen LogP contribution in [0.4, 0.5) is 0 Å². The van der Waals surface area contributed by atoms with Gasteiger partial charge in [-0.25, -0.2) is 0 Å². The molecule has 2 rings (SSSR count). The third kappa shape index (κ3) is 2.38. The maximum atomic E-state index is 9.37. The number of phenols is 1. The largest absolute Gasteiger partial charge is 0.508 e. The van der Waals surface area contributed by atoms with Crippen molar-refractivity contribution in [1.82, 2.24) is 0 Å². The van der Waals surface area contributed by atoms with E-state index >= 15 is 0 Å². The van der Waals surface area contributed by atoms with E-state index in [0.29, 0.717) is 23.9 Å². The highest BCUT2D eigenvalue weighted by atomic mass is 16.6. The Morgan fingerprint density at radius 3 is 2.69 bits per heavy atom. The summed E-state index contributed by atoms with van der Waals surface area (Å²) in [6.45, 7) is 6.45. The van der Waals surface area contributed by atoms with Crippen molar-refractivity contribution in [2.75, 3.05) is 0 Å². The van der Waals surface area contributed by atoms with E-state index in [1.54, 1.807) is 6.07 Å². The van der Waals surface area contributed by atoms with E-state index in [1.165, 1.54) is 11.1 Å². The predicted octanol–water partition coefficient (Wildman–Crippen LogP) is 3.37. The van der Waals surface area contributed by atoms with E-state index in [1.807, 2.05) is 12.1 Å². The van der Waals surface area contributed by atoms with Crippen molar-refractivity contribution in [3.8, 4) is 5.75 Å². The Labute approximate surface area is 97.3 Å². The summed E-state index contributed by atoms with van der Waals surface area (Å²) in [4.78, 5) is 0. The molecule has 16 heavy (non-hydrogen) atoms. The Hall–Kier alpha value is -1.02. The maximum Gasteiger partial charge on any atom is 0.115 e. The second kappa shape index (κ2) is 4.46. The molecule has 0 spiro atoms. The van der Waals surface area contributed by atoms with Gasteiger partial charge in [0.1, 0.15) is 5.75 Å². The number of ether oxygens (including phenoxy) is 1. The van der Waals surface area contributed by atoms with Gasteiger partial charge in [-0.3, -0.25) is 0 Å². The Morgan fingerprint density at radius 1 is 1.38 bits per heavy atom. The molecule has 1 N–H and O–H groups in total. The fourth-order valence-corrected chi connectivity index (χ4v) is 2.43. The zero-order valence-electron chi connectivity index (χ0n) is 10.2. The van der Waals surface area contributed by atoms with Crippen LogP contribution in [-0.2, 0) is 4.74 Å². The normalized spacial score (nSPS) is 25.4. The smallest absolute Gasteiger partial charge is 0.115 e. The minimum Gasteiger partial charge on any atom is -0.508 e. The summed E-state index contributed by atoms with van der Waals surface area (Å²) >= 11 is 0. The van der Waals surface area contributed by atoms with Gasteiger partial charge < -0.3 is 9.84 Å². The second-order valence-electron chi connectivity index (χ2n) is 4.80. The van der Waals surface area contributed by atoms with Gasteiger partial charge in [0.15, 0.2) is 0 Å². The molecule has 2 heteroatoms. The number of hydrogen-bond donors (Lipinski definition) is 1. The SMILES string of the molecule is CCC1OC1CC(C)c1ccc(O)cc1C. The van der Waals surface area contributed by atoms with Crippen LogP contribution in [0.15, 0.2) is 18.2 Å². The summed E-state index contributed by atoms with van der Waals surface area (Å²) in [5.74, 6) is 0.852. The molecule has 0 radical (unpaired) electrons. The molecule has 0 aromatic heterocycles. The van der Waals surface area contributed by atoms with Gasteiger partial charge in [0, 0.05) is 0 Å². The highest BCUT2D eigenvalue weighted by molar-refractivity contribution is 5.36. The van der Waals surface area contributed by atoms with E-state index in [9.17, 15) is 5.11 Å². The van der Waals surface area contributed by atoms with Gasteiger partial charge in [-0.05, 0) is 48.9 Å². The lowest BCUT2D eigenvalue weighted by molar-refractivity contribution is 0.352. The summed E-state index contributed by atoms with van der Waals surface area (Å²) in [6.07, 6.45) is 3.14. The summed E-state index contributed by atoms with van der Waals surface area (Å²) in [6, 6.07) is 5.62.